The highest BCUT2D eigenvalue weighted by molar-refractivity contribution is 7.99. The average molecular weight is 595 g/mol. The van der Waals surface area contributed by atoms with Crippen LogP contribution < -0.4 is 14.2 Å². The second kappa shape index (κ2) is 12.3. The smallest absolute Gasteiger partial charge is 0.243 e. The number of rotatable bonds is 11. The van der Waals surface area contributed by atoms with Crippen LogP contribution in [-0.2, 0) is 10.0 Å². The molecule has 0 unspecified atom stereocenters. The van der Waals surface area contributed by atoms with Crippen LogP contribution in [0.25, 0.3) is 17.1 Å². The van der Waals surface area contributed by atoms with Crippen molar-refractivity contribution in [1.82, 2.24) is 19.1 Å². The van der Waals surface area contributed by atoms with Gasteiger partial charge in [-0.05, 0) is 49.2 Å². The molecule has 4 aromatic rings. The number of hydrogen-bond donors (Lipinski definition) is 0. The third-order valence-electron chi connectivity index (χ3n) is 6.76. The molecule has 12 heteroatoms. The van der Waals surface area contributed by atoms with Crippen molar-refractivity contribution in [3.8, 4) is 34.3 Å². The number of para-hydroxylation sites is 1. The largest absolute Gasteiger partial charge is 0.493 e. The van der Waals surface area contributed by atoms with Gasteiger partial charge in [-0.3, -0.25) is 9.36 Å². The molecule has 0 spiro atoms. The fourth-order valence-electron chi connectivity index (χ4n) is 4.69. The summed E-state index contributed by atoms with van der Waals surface area (Å²) >= 11 is 1.23. The number of Topliss-reactive ketones (excluding diaryl/α,β-unsaturated/α-hetero) is 1. The molecule has 1 fully saturated rings. The summed E-state index contributed by atoms with van der Waals surface area (Å²) in [5, 5.41) is 9.31. The predicted molar refractivity (Wildman–Crippen MR) is 156 cm³/mol. The molecule has 0 atom stereocenters. The number of methoxy groups -OCH3 is 3. The van der Waals surface area contributed by atoms with Crippen molar-refractivity contribution in [1.29, 1.82) is 0 Å². The van der Waals surface area contributed by atoms with Gasteiger partial charge in [0.1, 0.15) is 0 Å². The van der Waals surface area contributed by atoms with Crippen molar-refractivity contribution in [2.75, 3.05) is 40.2 Å². The highest BCUT2D eigenvalue weighted by Crippen LogP contribution is 2.39. The molecule has 0 amide bonds. The molecule has 1 aromatic heterocycles. The van der Waals surface area contributed by atoms with Gasteiger partial charge in [0.25, 0.3) is 0 Å². The van der Waals surface area contributed by atoms with Gasteiger partial charge in [0.05, 0.1) is 32.0 Å². The van der Waals surface area contributed by atoms with Gasteiger partial charge in [-0.2, -0.15) is 4.31 Å². The molecule has 1 aliphatic rings. The number of nitrogens with zero attached hydrogens (tertiary/aromatic N) is 4. The SMILES string of the molecule is COc1cc(C(=O)CSc2nnc(-c3cccc(S(=O)(=O)N4CCCC4)c3)n2-c2ccccc2)cc(OC)c1OC. The van der Waals surface area contributed by atoms with E-state index in [1.165, 1.54) is 37.4 Å². The number of carbonyl (C=O) groups is 1. The zero-order chi connectivity index (χ0) is 29.0. The Balaban J connectivity index is 1.48. The van der Waals surface area contributed by atoms with Crippen LogP contribution in [0.4, 0.5) is 0 Å². The fourth-order valence-corrected chi connectivity index (χ4v) is 7.10. The number of thioether (sulfide) groups is 1. The normalized spacial score (nSPS) is 13.7. The maximum Gasteiger partial charge on any atom is 0.243 e. The van der Waals surface area contributed by atoms with E-state index in [9.17, 15) is 13.2 Å². The third kappa shape index (κ3) is 5.81. The van der Waals surface area contributed by atoms with Crippen LogP contribution in [0.2, 0.25) is 0 Å². The van der Waals surface area contributed by atoms with Gasteiger partial charge in [0.15, 0.2) is 28.3 Å². The van der Waals surface area contributed by atoms with E-state index >= 15 is 0 Å². The molecular weight excluding hydrogens is 564 g/mol. The summed E-state index contributed by atoms with van der Waals surface area (Å²) in [6, 6.07) is 19.5. The zero-order valence-corrected chi connectivity index (χ0v) is 24.6. The molecule has 41 heavy (non-hydrogen) atoms. The minimum atomic E-state index is -3.61. The Hall–Kier alpha value is -3.87. The topological polar surface area (TPSA) is 113 Å². The molecule has 0 N–H and O–H groups in total. The molecule has 1 aliphatic heterocycles. The molecule has 0 bridgehead atoms. The van der Waals surface area contributed by atoms with E-state index in [-0.39, 0.29) is 16.4 Å². The average Bonchev–Trinajstić information content (AvgIpc) is 3.71. The molecule has 5 rings (SSSR count). The van der Waals surface area contributed by atoms with Crippen molar-refractivity contribution in [2.24, 2.45) is 0 Å². The van der Waals surface area contributed by atoms with E-state index < -0.39 is 10.0 Å². The van der Waals surface area contributed by atoms with Crippen LogP contribution in [0.1, 0.15) is 23.2 Å². The Bertz CT molecular complexity index is 1630. The van der Waals surface area contributed by atoms with E-state index in [0.29, 0.717) is 52.4 Å². The Labute approximate surface area is 243 Å². The Morgan fingerprint density at radius 2 is 1.56 bits per heavy atom. The van der Waals surface area contributed by atoms with E-state index in [1.54, 1.807) is 30.3 Å². The minimum Gasteiger partial charge on any atom is -0.493 e. The number of ether oxygens (including phenoxy) is 3. The summed E-state index contributed by atoms with van der Waals surface area (Å²) in [4.78, 5) is 13.5. The third-order valence-corrected chi connectivity index (χ3v) is 9.59. The van der Waals surface area contributed by atoms with E-state index in [0.717, 1.165) is 18.5 Å². The quantitative estimate of drug-likeness (QED) is 0.180. The number of sulfonamides is 1. The number of carbonyl (C=O) groups excluding carboxylic acids is 1. The molecule has 0 saturated carbocycles. The van der Waals surface area contributed by atoms with Gasteiger partial charge >= 0.3 is 0 Å². The van der Waals surface area contributed by atoms with Crippen LogP contribution in [0.15, 0.2) is 76.8 Å². The summed E-state index contributed by atoms with van der Waals surface area (Å²) in [6.07, 6.45) is 1.72. The molecule has 3 aromatic carbocycles. The second-order valence-corrected chi connectivity index (χ2v) is 12.1. The Morgan fingerprint density at radius 1 is 0.878 bits per heavy atom. The Morgan fingerprint density at radius 3 is 2.20 bits per heavy atom. The van der Waals surface area contributed by atoms with Crippen molar-refractivity contribution in [3.63, 3.8) is 0 Å². The lowest BCUT2D eigenvalue weighted by Gasteiger charge is -2.16. The van der Waals surface area contributed by atoms with Gasteiger partial charge < -0.3 is 14.2 Å². The van der Waals surface area contributed by atoms with Gasteiger partial charge in [-0.1, -0.05) is 42.1 Å². The first-order chi connectivity index (χ1) is 19.9. The van der Waals surface area contributed by atoms with Crippen molar-refractivity contribution >= 4 is 27.6 Å². The predicted octanol–water partition coefficient (Wildman–Crippen LogP) is 4.72. The lowest BCUT2D eigenvalue weighted by molar-refractivity contribution is 0.102. The van der Waals surface area contributed by atoms with Crippen LogP contribution in [-0.4, -0.2) is 73.4 Å². The number of hydrogen-bond acceptors (Lipinski definition) is 9. The minimum absolute atomic E-state index is 0.0625. The Kier molecular flexibility index (Phi) is 8.62. The maximum absolute atomic E-state index is 13.3. The molecule has 10 nitrogen and oxygen atoms in total. The first kappa shape index (κ1) is 28.7. The van der Waals surface area contributed by atoms with E-state index in [4.69, 9.17) is 14.2 Å². The molecule has 1 saturated heterocycles. The molecule has 0 radical (unpaired) electrons. The van der Waals surface area contributed by atoms with Crippen LogP contribution in [0, 0.1) is 0 Å². The summed E-state index contributed by atoms with van der Waals surface area (Å²) < 4.78 is 46.0. The van der Waals surface area contributed by atoms with E-state index in [2.05, 4.69) is 10.2 Å². The summed E-state index contributed by atoms with van der Waals surface area (Å²) in [7, 11) is 0.882. The van der Waals surface area contributed by atoms with Crippen LogP contribution >= 0.6 is 11.8 Å². The van der Waals surface area contributed by atoms with Crippen molar-refractivity contribution < 1.29 is 27.4 Å². The monoisotopic (exact) mass is 594 g/mol. The van der Waals surface area contributed by atoms with Crippen LogP contribution in [0.3, 0.4) is 0 Å². The zero-order valence-electron chi connectivity index (χ0n) is 22.9. The van der Waals surface area contributed by atoms with Gasteiger partial charge in [0, 0.05) is 29.9 Å². The van der Waals surface area contributed by atoms with Gasteiger partial charge in [-0.25, -0.2) is 8.42 Å². The lowest BCUT2D eigenvalue weighted by Crippen LogP contribution is -2.27. The van der Waals surface area contributed by atoms with E-state index in [1.807, 2.05) is 41.0 Å². The fraction of sp³-hybridized carbons (Fsp3) is 0.276. The summed E-state index contributed by atoms with van der Waals surface area (Å²) in [5.74, 6) is 1.54. The summed E-state index contributed by atoms with van der Waals surface area (Å²) in [6.45, 7) is 1.04. The number of ketones is 1. The molecular formula is C29H30N4O6S2. The first-order valence-corrected chi connectivity index (χ1v) is 15.4. The molecule has 214 valence electrons. The van der Waals surface area contributed by atoms with Crippen molar-refractivity contribution in [2.45, 2.75) is 22.9 Å². The first-order valence-electron chi connectivity index (χ1n) is 12.9. The van der Waals surface area contributed by atoms with Gasteiger partial charge in [-0.15, -0.1) is 10.2 Å². The van der Waals surface area contributed by atoms with Gasteiger partial charge in [0.2, 0.25) is 15.8 Å². The molecule has 0 aliphatic carbocycles. The number of benzene rings is 3. The van der Waals surface area contributed by atoms with Crippen LogP contribution in [0.5, 0.6) is 17.2 Å². The van der Waals surface area contributed by atoms with Crippen molar-refractivity contribution in [3.05, 3.63) is 72.3 Å². The highest BCUT2D eigenvalue weighted by atomic mass is 32.2. The number of aromatic nitrogens is 3. The maximum atomic E-state index is 13.3. The second-order valence-electron chi connectivity index (χ2n) is 9.24. The standard InChI is InChI=1S/C29H30N4O6S2/c1-37-25-17-21(18-26(38-2)27(25)39-3)24(34)19-40-29-31-30-28(33(29)22-11-5-4-6-12-22)20-10-9-13-23(16-20)41(35,36)32-14-7-8-15-32/h4-6,9-13,16-18H,7-8,14-15,19H2,1-3H3. The lowest BCUT2D eigenvalue weighted by atomic mass is 10.1. The molecule has 2 heterocycles. The summed E-state index contributed by atoms with van der Waals surface area (Å²) in [5.41, 5.74) is 1.78. The highest BCUT2D eigenvalue weighted by Gasteiger charge is 2.28.